The second-order valence-electron chi connectivity index (χ2n) is 5.28. The number of hydrogen-bond acceptors (Lipinski definition) is 1. The van der Waals surface area contributed by atoms with Crippen LogP contribution in [0.1, 0.15) is 45.3 Å². The third-order valence-corrected chi connectivity index (χ3v) is 3.06. The third kappa shape index (κ3) is 4.32. The Morgan fingerprint density at radius 2 is 1.88 bits per heavy atom. The van der Waals surface area contributed by atoms with Gasteiger partial charge in [0.2, 0.25) is 0 Å². The van der Waals surface area contributed by atoms with Crippen LogP contribution >= 0.6 is 23.2 Å². The molecule has 1 N–H and O–H groups in total. The van der Waals surface area contributed by atoms with Crippen molar-refractivity contribution in [3.63, 3.8) is 0 Å². The van der Waals surface area contributed by atoms with Crippen LogP contribution in [0.25, 0.3) is 0 Å². The molecule has 90 valence electrons. The SMILES string of the molecule is CC(C)(C)CCC(O)c1cc(Cl)ccc1Cl. The molecule has 16 heavy (non-hydrogen) atoms. The monoisotopic (exact) mass is 260 g/mol. The molecule has 0 aliphatic rings. The van der Waals surface area contributed by atoms with Crippen molar-refractivity contribution in [3.8, 4) is 0 Å². The molecule has 1 aromatic carbocycles. The highest BCUT2D eigenvalue weighted by molar-refractivity contribution is 6.33. The lowest BCUT2D eigenvalue weighted by molar-refractivity contribution is 0.147. The van der Waals surface area contributed by atoms with Crippen LogP contribution in [0.4, 0.5) is 0 Å². The molecular weight excluding hydrogens is 243 g/mol. The number of rotatable bonds is 3. The molecule has 1 nitrogen and oxygen atoms in total. The second-order valence-corrected chi connectivity index (χ2v) is 6.12. The molecule has 0 bridgehead atoms. The van der Waals surface area contributed by atoms with Gasteiger partial charge in [0.1, 0.15) is 0 Å². The van der Waals surface area contributed by atoms with Crippen LogP contribution in [0.2, 0.25) is 10.0 Å². The van der Waals surface area contributed by atoms with Gasteiger partial charge in [-0.2, -0.15) is 0 Å². The maximum absolute atomic E-state index is 10.0. The van der Waals surface area contributed by atoms with Crippen LogP contribution in [-0.2, 0) is 0 Å². The number of halogens is 2. The van der Waals surface area contributed by atoms with Gasteiger partial charge >= 0.3 is 0 Å². The van der Waals surface area contributed by atoms with Crippen molar-refractivity contribution >= 4 is 23.2 Å². The minimum Gasteiger partial charge on any atom is -0.388 e. The molecule has 0 heterocycles. The Morgan fingerprint density at radius 3 is 2.44 bits per heavy atom. The summed E-state index contributed by atoms with van der Waals surface area (Å²) in [5.74, 6) is 0. The molecule has 1 rings (SSSR count). The van der Waals surface area contributed by atoms with Crippen molar-refractivity contribution in [3.05, 3.63) is 33.8 Å². The molecule has 0 fully saturated rings. The zero-order valence-electron chi connectivity index (χ0n) is 9.93. The van der Waals surface area contributed by atoms with Crippen molar-refractivity contribution in [2.75, 3.05) is 0 Å². The molecule has 3 heteroatoms. The Kier molecular flexibility index (Phi) is 4.66. The van der Waals surface area contributed by atoms with Gasteiger partial charge in [-0.3, -0.25) is 0 Å². The molecule has 0 radical (unpaired) electrons. The number of aliphatic hydroxyl groups excluding tert-OH is 1. The molecule has 1 aromatic rings. The van der Waals surface area contributed by atoms with Crippen molar-refractivity contribution in [2.24, 2.45) is 5.41 Å². The van der Waals surface area contributed by atoms with Crippen LogP contribution in [0.3, 0.4) is 0 Å². The maximum Gasteiger partial charge on any atom is 0.0805 e. The van der Waals surface area contributed by atoms with E-state index >= 15 is 0 Å². The predicted molar refractivity (Wildman–Crippen MR) is 70.1 cm³/mol. The van der Waals surface area contributed by atoms with E-state index in [1.54, 1.807) is 18.2 Å². The summed E-state index contributed by atoms with van der Waals surface area (Å²) in [6.07, 6.45) is 1.10. The van der Waals surface area contributed by atoms with E-state index in [-0.39, 0.29) is 5.41 Å². The minimum absolute atomic E-state index is 0.214. The molecular formula is C13H18Cl2O. The average molecular weight is 261 g/mol. The fraction of sp³-hybridized carbons (Fsp3) is 0.538. The zero-order chi connectivity index (χ0) is 12.3. The molecule has 1 unspecified atom stereocenters. The Morgan fingerprint density at radius 1 is 1.25 bits per heavy atom. The highest BCUT2D eigenvalue weighted by Gasteiger charge is 2.16. The normalized spacial score (nSPS) is 13.9. The van der Waals surface area contributed by atoms with Crippen LogP contribution < -0.4 is 0 Å². The first-order chi connectivity index (χ1) is 7.29. The van der Waals surface area contributed by atoms with Gasteiger partial charge in [0, 0.05) is 15.6 Å². The first-order valence-corrected chi connectivity index (χ1v) is 6.18. The van der Waals surface area contributed by atoms with E-state index < -0.39 is 6.10 Å². The fourth-order valence-corrected chi connectivity index (χ4v) is 1.92. The van der Waals surface area contributed by atoms with Crippen LogP contribution in [0.5, 0.6) is 0 Å². The van der Waals surface area contributed by atoms with Crippen LogP contribution in [-0.4, -0.2) is 5.11 Å². The Hall–Kier alpha value is -0.240. The van der Waals surface area contributed by atoms with Crippen molar-refractivity contribution in [1.29, 1.82) is 0 Å². The average Bonchev–Trinajstić information content (AvgIpc) is 2.17. The lowest BCUT2D eigenvalue weighted by Gasteiger charge is -2.21. The van der Waals surface area contributed by atoms with Gasteiger partial charge in [-0.25, -0.2) is 0 Å². The Labute approximate surface area is 107 Å². The number of hydrogen-bond donors (Lipinski definition) is 1. The summed E-state index contributed by atoms with van der Waals surface area (Å²) in [7, 11) is 0. The maximum atomic E-state index is 10.0. The van der Waals surface area contributed by atoms with Crippen molar-refractivity contribution < 1.29 is 5.11 Å². The van der Waals surface area contributed by atoms with Gasteiger partial charge in [0.15, 0.2) is 0 Å². The fourth-order valence-electron chi connectivity index (χ4n) is 1.50. The Bertz CT molecular complexity index is 355. The largest absolute Gasteiger partial charge is 0.388 e. The van der Waals surface area contributed by atoms with E-state index in [1.165, 1.54) is 0 Å². The highest BCUT2D eigenvalue weighted by atomic mass is 35.5. The third-order valence-electron chi connectivity index (χ3n) is 2.48. The van der Waals surface area contributed by atoms with Crippen molar-refractivity contribution in [1.82, 2.24) is 0 Å². The number of aliphatic hydroxyl groups is 1. The molecule has 0 spiro atoms. The minimum atomic E-state index is -0.537. The molecule has 0 saturated heterocycles. The van der Waals surface area contributed by atoms with E-state index in [0.29, 0.717) is 16.5 Å². The van der Waals surface area contributed by atoms with E-state index in [2.05, 4.69) is 20.8 Å². The first-order valence-electron chi connectivity index (χ1n) is 5.42. The Balaban J connectivity index is 2.73. The molecule has 0 aromatic heterocycles. The molecule has 0 saturated carbocycles. The van der Waals surface area contributed by atoms with Crippen LogP contribution in [0.15, 0.2) is 18.2 Å². The van der Waals surface area contributed by atoms with Gasteiger partial charge in [0.05, 0.1) is 6.10 Å². The zero-order valence-corrected chi connectivity index (χ0v) is 11.4. The van der Waals surface area contributed by atoms with E-state index in [0.717, 1.165) is 12.0 Å². The molecule has 0 amide bonds. The summed E-state index contributed by atoms with van der Waals surface area (Å²) in [5, 5.41) is 11.2. The molecule has 0 aliphatic carbocycles. The summed E-state index contributed by atoms with van der Waals surface area (Å²) in [6.45, 7) is 6.46. The van der Waals surface area contributed by atoms with Gasteiger partial charge in [-0.05, 0) is 36.5 Å². The van der Waals surface area contributed by atoms with E-state index in [1.807, 2.05) is 0 Å². The van der Waals surface area contributed by atoms with Gasteiger partial charge < -0.3 is 5.11 Å². The standard InChI is InChI=1S/C13H18Cl2O/c1-13(2,3)7-6-12(16)10-8-9(14)4-5-11(10)15/h4-5,8,12,16H,6-7H2,1-3H3. The first kappa shape index (κ1) is 13.8. The lowest BCUT2D eigenvalue weighted by atomic mass is 9.88. The van der Waals surface area contributed by atoms with Crippen molar-refractivity contribution in [2.45, 2.75) is 39.7 Å². The number of benzene rings is 1. The summed E-state index contributed by atoms with van der Waals surface area (Å²) in [5.41, 5.74) is 0.935. The van der Waals surface area contributed by atoms with E-state index in [4.69, 9.17) is 23.2 Å². The predicted octanol–water partition coefficient (Wildman–Crippen LogP) is 4.85. The summed E-state index contributed by atoms with van der Waals surface area (Å²) < 4.78 is 0. The second kappa shape index (κ2) is 5.39. The quantitative estimate of drug-likeness (QED) is 0.824. The topological polar surface area (TPSA) is 20.2 Å². The lowest BCUT2D eigenvalue weighted by Crippen LogP contribution is -2.08. The summed E-state index contributed by atoms with van der Waals surface area (Å²) >= 11 is 11.9. The van der Waals surface area contributed by atoms with Gasteiger partial charge in [0.25, 0.3) is 0 Å². The van der Waals surface area contributed by atoms with Gasteiger partial charge in [-0.1, -0.05) is 44.0 Å². The summed E-state index contributed by atoms with van der Waals surface area (Å²) in [6, 6.07) is 5.18. The van der Waals surface area contributed by atoms with Crippen LogP contribution in [0, 0.1) is 5.41 Å². The molecule has 1 atom stereocenters. The highest BCUT2D eigenvalue weighted by Crippen LogP contribution is 2.32. The smallest absolute Gasteiger partial charge is 0.0805 e. The van der Waals surface area contributed by atoms with E-state index in [9.17, 15) is 5.11 Å². The molecule has 0 aliphatic heterocycles. The van der Waals surface area contributed by atoms with Gasteiger partial charge in [-0.15, -0.1) is 0 Å². The summed E-state index contributed by atoms with van der Waals surface area (Å²) in [4.78, 5) is 0.